The van der Waals surface area contributed by atoms with E-state index in [1.165, 1.54) is 0 Å². The van der Waals surface area contributed by atoms with Crippen LogP contribution in [0.25, 0.3) is 0 Å². The summed E-state index contributed by atoms with van der Waals surface area (Å²) < 4.78 is 51.6. The van der Waals surface area contributed by atoms with Crippen LogP contribution in [0.1, 0.15) is 5.69 Å². The van der Waals surface area contributed by atoms with Gasteiger partial charge in [0.1, 0.15) is 5.82 Å². The van der Waals surface area contributed by atoms with Gasteiger partial charge in [0.15, 0.2) is 5.75 Å². The van der Waals surface area contributed by atoms with Crippen LogP contribution in [0.3, 0.4) is 0 Å². The molecule has 7 heteroatoms. The van der Waals surface area contributed by atoms with Crippen LogP contribution in [0.4, 0.5) is 17.6 Å². The van der Waals surface area contributed by atoms with E-state index in [1.54, 1.807) is 6.07 Å². The molecule has 0 radical (unpaired) electrons. The second-order valence-electron chi connectivity index (χ2n) is 2.48. The average Bonchev–Trinajstić information content (AvgIpc) is 2.07. The number of pyridine rings is 1. The highest BCUT2D eigenvalue weighted by molar-refractivity contribution is 5.29. The van der Waals surface area contributed by atoms with Crippen LogP contribution in [0.5, 0.6) is 5.75 Å². The molecular formula is C8H4F4N2O. The van der Waals surface area contributed by atoms with Gasteiger partial charge in [0, 0.05) is 6.07 Å². The number of aromatic nitrogens is 1. The molecule has 1 aromatic rings. The molecule has 0 unspecified atom stereocenters. The molecule has 15 heavy (non-hydrogen) atoms. The Morgan fingerprint density at radius 1 is 1.47 bits per heavy atom. The van der Waals surface area contributed by atoms with Gasteiger partial charge in [0.2, 0.25) is 0 Å². The first-order valence-electron chi connectivity index (χ1n) is 3.69. The fourth-order valence-electron chi connectivity index (χ4n) is 0.870. The molecule has 0 saturated carbocycles. The largest absolute Gasteiger partial charge is 0.573 e. The fraction of sp³-hybridized carbons (Fsp3) is 0.250. The minimum Gasteiger partial charge on any atom is -0.404 e. The third-order valence-electron chi connectivity index (χ3n) is 1.37. The number of rotatable bonds is 2. The van der Waals surface area contributed by atoms with Gasteiger partial charge < -0.3 is 4.74 Å². The van der Waals surface area contributed by atoms with Crippen molar-refractivity contribution in [2.75, 3.05) is 0 Å². The predicted molar refractivity (Wildman–Crippen MR) is 40.2 cm³/mol. The van der Waals surface area contributed by atoms with E-state index in [1.807, 2.05) is 0 Å². The maximum atomic E-state index is 12.6. The summed E-state index contributed by atoms with van der Waals surface area (Å²) in [4.78, 5) is 3.33. The van der Waals surface area contributed by atoms with Gasteiger partial charge in [-0.25, -0.2) is 4.39 Å². The van der Waals surface area contributed by atoms with Crippen LogP contribution in [-0.2, 0) is 6.42 Å². The summed E-state index contributed by atoms with van der Waals surface area (Å²) in [6.45, 7) is 0. The fourth-order valence-corrected chi connectivity index (χ4v) is 0.870. The molecule has 0 amide bonds. The van der Waals surface area contributed by atoms with Crippen molar-refractivity contribution in [3.05, 3.63) is 23.8 Å². The normalized spacial score (nSPS) is 10.9. The van der Waals surface area contributed by atoms with Crippen molar-refractivity contribution in [1.29, 1.82) is 5.26 Å². The van der Waals surface area contributed by atoms with Crippen LogP contribution in [0, 0.1) is 17.1 Å². The maximum Gasteiger partial charge on any atom is 0.573 e. The van der Waals surface area contributed by atoms with Crippen molar-refractivity contribution < 1.29 is 22.3 Å². The second-order valence-corrected chi connectivity index (χ2v) is 2.48. The molecule has 0 bridgehead atoms. The Morgan fingerprint density at radius 3 is 2.67 bits per heavy atom. The van der Waals surface area contributed by atoms with Gasteiger partial charge in [-0.3, -0.25) is 4.98 Å². The lowest BCUT2D eigenvalue weighted by Crippen LogP contribution is -2.18. The molecule has 0 fully saturated rings. The van der Waals surface area contributed by atoms with E-state index in [4.69, 9.17) is 5.26 Å². The minimum absolute atomic E-state index is 0.253. The van der Waals surface area contributed by atoms with Crippen molar-refractivity contribution in [2.24, 2.45) is 0 Å². The Kier molecular flexibility index (Phi) is 3.09. The van der Waals surface area contributed by atoms with Gasteiger partial charge in [0.25, 0.3) is 0 Å². The van der Waals surface area contributed by atoms with Crippen molar-refractivity contribution in [3.8, 4) is 11.8 Å². The smallest absolute Gasteiger partial charge is 0.404 e. The molecule has 0 aliphatic rings. The van der Waals surface area contributed by atoms with Crippen molar-refractivity contribution in [2.45, 2.75) is 12.8 Å². The van der Waals surface area contributed by atoms with Crippen molar-refractivity contribution >= 4 is 0 Å². The summed E-state index contributed by atoms with van der Waals surface area (Å²) in [5, 5.41) is 8.29. The van der Waals surface area contributed by atoms with E-state index in [2.05, 4.69) is 9.72 Å². The van der Waals surface area contributed by atoms with Crippen LogP contribution in [-0.4, -0.2) is 11.3 Å². The predicted octanol–water partition coefficient (Wildman–Crippen LogP) is 2.19. The molecule has 1 rings (SSSR count). The first kappa shape index (κ1) is 11.2. The lowest BCUT2D eigenvalue weighted by atomic mass is 10.2. The lowest BCUT2D eigenvalue weighted by Gasteiger charge is -2.10. The van der Waals surface area contributed by atoms with Gasteiger partial charge in [-0.05, 0) is 0 Å². The summed E-state index contributed by atoms with van der Waals surface area (Å²) >= 11 is 0. The third-order valence-corrected chi connectivity index (χ3v) is 1.37. The zero-order valence-electron chi connectivity index (χ0n) is 7.18. The Morgan fingerprint density at radius 2 is 2.13 bits per heavy atom. The highest BCUT2D eigenvalue weighted by Crippen LogP contribution is 2.25. The topological polar surface area (TPSA) is 45.9 Å². The highest BCUT2D eigenvalue weighted by atomic mass is 19.4. The highest BCUT2D eigenvalue weighted by Gasteiger charge is 2.32. The first-order valence-corrected chi connectivity index (χ1v) is 3.69. The number of ether oxygens (including phenoxy) is 1. The second kappa shape index (κ2) is 4.13. The number of nitriles is 1. The molecule has 3 nitrogen and oxygen atoms in total. The van der Waals surface area contributed by atoms with E-state index in [0.717, 1.165) is 6.20 Å². The summed E-state index contributed by atoms with van der Waals surface area (Å²) in [5.74, 6) is -1.75. The molecule has 1 aromatic heterocycles. The Balaban J connectivity index is 3.03. The molecule has 0 saturated heterocycles. The van der Waals surface area contributed by atoms with Crippen LogP contribution in [0.15, 0.2) is 12.3 Å². The van der Waals surface area contributed by atoms with Gasteiger partial charge in [-0.1, -0.05) is 0 Å². The summed E-state index contributed by atoms with van der Waals surface area (Å²) in [7, 11) is 0. The first-order chi connectivity index (χ1) is 6.92. The van der Waals surface area contributed by atoms with E-state index in [0.29, 0.717) is 6.07 Å². The number of alkyl halides is 3. The summed E-state index contributed by atoms with van der Waals surface area (Å²) in [6.07, 6.45) is -4.60. The molecule has 0 atom stereocenters. The van der Waals surface area contributed by atoms with E-state index < -0.39 is 17.9 Å². The zero-order valence-corrected chi connectivity index (χ0v) is 7.18. The number of halogens is 4. The molecule has 0 aromatic carbocycles. The molecule has 80 valence electrons. The zero-order chi connectivity index (χ0) is 11.5. The Bertz CT molecular complexity index is 397. The van der Waals surface area contributed by atoms with Crippen LogP contribution >= 0.6 is 0 Å². The molecular weight excluding hydrogens is 216 g/mol. The average molecular weight is 220 g/mol. The minimum atomic E-state index is -4.93. The monoisotopic (exact) mass is 220 g/mol. The van der Waals surface area contributed by atoms with E-state index >= 15 is 0 Å². The third kappa shape index (κ3) is 3.42. The van der Waals surface area contributed by atoms with Crippen molar-refractivity contribution in [3.63, 3.8) is 0 Å². The lowest BCUT2D eigenvalue weighted by molar-refractivity contribution is -0.275. The van der Waals surface area contributed by atoms with E-state index in [-0.39, 0.29) is 12.1 Å². The van der Waals surface area contributed by atoms with Crippen LogP contribution < -0.4 is 4.74 Å². The van der Waals surface area contributed by atoms with Gasteiger partial charge >= 0.3 is 6.36 Å². The molecule has 0 spiro atoms. The van der Waals surface area contributed by atoms with E-state index in [9.17, 15) is 17.6 Å². The quantitative estimate of drug-likeness (QED) is 0.717. The standard InChI is InChI=1S/C8H4F4N2O/c9-5-3-7(15-8(10,11)12)6(1-2-13)14-4-5/h3-4H,1H2. The van der Waals surface area contributed by atoms with Crippen molar-refractivity contribution in [1.82, 2.24) is 4.98 Å². The molecule has 0 aliphatic carbocycles. The Labute approximate surface area is 81.9 Å². The van der Waals surface area contributed by atoms with Gasteiger partial charge in [-0.15, -0.1) is 13.2 Å². The van der Waals surface area contributed by atoms with Crippen LogP contribution in [0.2, 0.25) is 0 Å². The molecule has 0 aliphatic heterocycles. The number of hydrogen-bond donors (Lipinski definition) is 0. The summed E-state index contributed by atoms with van der Waals surface area (Å²) in [5.41, 5.74) is -0.253. The van der Waals surface area contributed by atoms with Gasteiger partial charge in [-0.2, -0.15) is 5.26 Å². The molecule has 0 N–H and O–H groups in total. The SMILES string of the molecule is N#CCc1ncc(F)cc1OC(F)(F)F. The Hall–Kier alpha value is -1.84. The van der Waals surface area contributed by atoms with Gasteiger partial charge in [0.05, 0.1) is 24.4 Å². The summed E-state index contributed by atoms with van der Waals surface area (Å²) in [6, 6.07) is 2.13. The molecule has 1 heterocycles. The maximum absolute atomic E-state index is 12.6. The number of nitrogens with zero attached hydrogens (tertiary/aromatic N) is 2. The number of hydrogen-bond acceptors (Lipinski definition) is 3.